The Morgan fingerprint density at radius 3 is 2.74 bits per heavy atom. The molecule has 0 spiro atoms. The number of thiazole rings is 1. The maximum atomic E-state index is 11.3. The van der Waals surface area contributed by atoms with Crippen LogP contribution in [0.2, 0.25) is 0 Å². The molecule has 0 saturated carbocycles. The van der Waals surface area contributed by atoms with Crippen LogP contribution in [0.3, 0.4) is 0 Å². The molecule has 1 aliphatic rings. The first-order valence-corrected chi connectivity index (χ1v) is 7.23. The number of aryl methyl sites for hydroxylation is 1. The van der Waals surface area contributed by atoms with E-state index in [-0.39, 0.29) is 5.69 Å². The van der Waals surface area contributed by atoms with Gasteiger partial charge in [0.2, 0.25) is 0 Å². The van der Waals surface area contributed by atoms with Crippen molar-refractivity contribution in [2.45, 2.75) is 26.2 Å². The van der Waals surface area contributed by atoms with Crippen LogP contribution in [0.1, 0.15) is 35.4 Å². The number of hydrogen-bond donors (Lipinski definition) is 1. The summed E-state index contributed by atoms with van der Waals surface area (Å²) in [5.74, 6) is -0.984. The third-order valence-electron chi connectivity index (χ3n) is 3.32. The van der Waals surface area contributed by atoms with Gasteiger partial charge in [-0.15, -0.1) is 0 Å². The van der Waals surface area contributed by atoms with Gasteiger partial charge in [0.1, 0.15) is 0 Å². The van der Waals surface area contributed by atoms with E-state index in [1.54, 1.807) is 6.92 Å². The lowest BCUT2D eigenvalue weighted by molar-refractivity contribution is 0.0693. The minimum atomic E-state index is -0.984. The van der Waals surface area contributed by atoms with Crippen molar-refractivity contribution in [3.63, 3.8) is 0 Å². The number of nitrogens with zero attached hydrogens (tertiary/aromatic N) is 3. The van der Waals surface area contributed by atoms with E-state index < -0.39 is 5.97 Å². The van der Waals surface area contributed by atoms with Gasteiger partial charge >= 0.3 is 5.97 Å². The van der Waals surface area contributed by atoms with E-state index in [9.17, 15) is 9.90 Å². The van der Waals surface area contributed by atoms with E-state index in [1.165, 1.54) is 30.6 Å². The highest BCUT2D eigenvalue weighted by molar-refractivity contribution is 7.22. The summed E-state index contributed by atoms with van der Waals surface area (Å²) >= 11 is 1.44. The summed E-state index contributed by atoms with van der Waals surface area (Å²) in [6.45, 7) is 3.81. The third-order valence-corrected chi connectivity index (χ3v) is 4.46. The Morgan fingerprint density at radius 2 is 2.05 bits per heavy atom. The summed E-state index contributed by atoms with van der Waals surface area (Å²) in [7, 11) is 0. The van der Waals surface area contributed by atoms with Crippen LogP contribution in [0.25, 0.3) is 10.2 Å². The van der Waals surface area contributed by atoms with Gasteiger partial charge in [0.05, 0.1) is 10.2 Å². The molecule has 2 aromatic rings. The number of carboxylic acid groups (broad SMARTS) is 1. The molecule has 1 saturated heterocycles. The number of aromatic nitrogens is 2. The smallest absolute Gasteiger partial charge is 0.356 e. The second-order valence-electron chi connectivity index (χ2n) is 4.81. The number of carboxylic acids is 1. The number of aromatic carboxylic acids is 1. The van der Waals surface area contributed by atoms with Crippen LogP contribution in [-0.2, 0) is 0 Å². The lowest BCUT2D eigenvalue weighted by atomic mass is 10.1. The van der Waals surface area contributed by atoms with Crippen LogP contribution in [0.15, 0.2) is 6.07 Å². The van der Waals surface area contributed by atoms with Crippen molar-refractivity contribution < 1.29 is 9.90 Å². The Balaban J connectivity index is 2.09. The van der Waals surface area contributed by atoms with Gasteiger partial charge in [0, 0.05) is 18.8 Å². The van der Waals surface area contributed by atoms with Gasteiger partial charge in [-0.25, -0.2) is 14.8 Å². The third kappa shape index (κ3) is 2.28. The highest BCUT2D eigenvalue weighted by Crippen LogP contribution is 2.32. The molecule has 3 rings (SSSR count). The first-order valence-electron chi connectivity index (χ1n) is 6.41. The van der Waals surface area contributed by atoms with Crippen molar-refractivity contribution in [1.82, 2.24) is 9.97 Å². The topological polar surface area (TPSA) is 66.3 Å². The Bertz CT molecular complexity index is 632. The van der Waals surface area contributed by atoms with Crippen molar-refractivity contribution >= 4 is 32.7 Å². The Hall–Kier alpha value is -1.69. The van der Waals surface area contributed by atoms with Gasteiger partial charge in [-0.3, -0.25) is 0 Å². The van der Waals surface area contributed by atoms with Crippen LogP contribution in [-0.4, -0.2) is 34.1 Å². The first-order chi connectivity index (χ1) is 9.15. The lowest BCUT2D eigenvalue weighted by Gasteiger charge is -2.25. The standard InChI is InChI=1S/C13H15N3O2S/c1-8-7-9-11(10(14-8)12(17)18)19-13(15-9)16-5-3-2-4-6-16/h7H,2-6H2,1H3,(H,17,18). The highest BCUT2D eigenvalue weighted by atomic mass is 32.1. The minimum Gasteiger partial charge on any atom is -0.476 e. The molecule has 0 radical (unpaired) electrons. The molecule has 0 bridgehead atoms. The van der Waals surface area contributed by atoms with Crippen molar-refractivity contribution in [2.75, 3.05) is 18.0 Å². The van der Waals surface area contributed by atoms with Crippen molar-refractivity contribution in [1.29, 1.82) is 0 Å². The zero-order valence-electron chi connectivity index (χ0n) is 10.7. The summed E-state index contributed by atoms with van der Waals surface area (Å²) < 4.78 is 0.679. The fourth-order valence-electron chi connectivity index (χ4n) is 2.41. The molecule has 6 heteroatoms. The summed E-state index contributed by atoms with van der Waals surface area (Å²) in [5, 5.41) is 10.2. The monoisotopic (exact) mass is 277 g/mol. The second kappa shape index (κ2) is 4.77. The maximum Gasteiger partial charge on any atom is 0.356 e. The average molecular weight is 277 g/mol. The second-order valence-corrected chi connectivity index (χ2v) is 5.79. The van der Waals surface area contributed by atoms with Crippen molar-refractivity contribution in [2.24, 2.45) is 0 Å². The van der Waals surface area contributed by atoms with Gasteiger partial charge in [-0.1, -0.05) is 11.3 Å². The molecular formula is C13H15N3O2S. The molecular weight excluding hydrogens is 262 g/mol. The van der Waals surface area contributed by atoms with Crippen LogP contribution < -0.4 is 4.90 Å². The Kier molecular flexibility index (Phi) is 3.10. The summed E-state index contributed by atoms with van der Waals surface area (Å²) in [6.07, 6.45) is 3.63. The molecule has 2 aromatic heterocycles. The Labute approximate surface area is 114 Å². The van der Waals surface area contributed by atoms with Gasteiger partial charge in [-0.05, 0) is 32.3 Å². The molecule has 0 atom stereocenters. The van der Waals surface area contributed by atoms with E-state index in [2.05, 4.69) is 14.9 Å². The molecule has 1 fully saturated rings. The fourth-order valence-corrected chi connectivity index (χ4v) is 3.49. The van der Waals surface area contributed by atoms with E-state index in [1.807, 2.05) is 6.07 Å². The lowest BCUT2D eigenvalue weighted by Crippen LogP contribution is -2.29. The van der Waals surface area contributed by atoms with Crippen molar-refractivity contribution in [3.05, 3.63) is 17.5 Å². The molecule has 3 heterocycles. The molecule has 19 heavy (non-hydrogen) atoms. The minimum absolute atomic E-state index is 0.121. The number of hydrogen-bond acceptors (Lipinski definition) is 5. The molecule has 5 nitrogen and oxygen atoms in total. The van der Waals surface area contributed by atoms with Gasteiger partial charge in [0.15, 0.2) is 10.8 Å². The summed E-state index contributed by atoms with van der Waals surface area (Å²) in [5.41, 5.74) is 1.56. The molecule has 1 N–H and O–H groups in total. The van der Waals surface area contributed by atoms with E-state index in [0.29, 0.717) is 10.4 Å². The van der Waals surface area contributed by atoms with Crippen molar-refractivity contribution in [3.8, 4) is 0 Å². The van der Waals surface area contributed by atoms with Gasteiger partial charge in [-0.2, -0.15) is 0 Å². The first kappa shape index (κ1) is 12.3. The molecule has 0 aromatic carbocycles. The number of anilines is 1. The van der Waals surface area contributed by atoms with Crippen LogP contribution in [0.5, 0.6) is 0 Å². The summed E-state index contributed by atoms with van der Waals surface area (Å²) in [4.78, 5) is 22.2. The van der Waals surface area contributed by atoms with Gasteiger partial charge < -0.3 is 10.0 Å². The molecule has 0 amide bonds. The predicted molar refractivity (Wildman–Crippen MR) is 75.2 cm³/mol. The van der Waals surface area contributed by atoms with E-state index in [0.717, 1.165) is 23.7 Å². The summed E-state index contributed by atoms with van der Waals surface area (Å²) in [6, 6.07) is 1.85. The number of carbonyl (C=O) groups is 1. The number of rotatable bonds is 2. The SMILES string of the molecule is Cc1cc2nc(N3CCCCC3)sc2c(C(=O)O)n1. The maximum absolute atomic E-state index is 11.3. The fraction of sp³-hybridized carbons (Fsp3) is 0.462. The van der Waals surface area contributed by atoms with E-state index in [4.69, 9.17) is 0 Å². The van der Waals surface area contributed by atoms with Crippen LogP contribution >= 0.6 is 11.3 Å². The average Bonchev–Trinajstić information content (AvgIpc) is 2.82. The normalized spacial score (nSPS) is 15.9. The zero-order chi connectivity index (χ0) is 13.4. The van der Waals surface area contributed by atoms with E-state index >= 15 is 0 Å². The zero-order valence-corrected chi connectivity index (χ0v) is 11.5. The number of pyridine rings is 1. The van der Waals surface area contributed by atoms with Gasteiger partial charge in [0.25, 0.3) is 0 Å². The number of piperidine rings is 1. The molecule has 100 valence electrons. The predicted octanol–water partition coefficient (Wildman–Crippen LogP) is 2.69. The molecule has 0 unspecified atom stereocenters. The molecule has 1 aliphatic heterocycles. The van der Waals surface area contributed by atoms with Crippen LogP contribution in [0.4, 0.5) is 5.13 Å². The highest BCUT2D eigenvalue weighted by Gasteiger charge is 2.19. The quantitative estimate of drug-likeness (QED) is 0.914. The largest absolute Gasteiger partial charge is 0.476 e. The molecule has 0 aliphatic carbocycles. The number of fused-ring (bicyclic) bond motifs is 1. The Morgan fingerprint density at radius 1 is 1.32 bits per heavy atom. The van der Waals surface area contributed by atoms with Crippen LogP contribution in [0, 0.1) is 6.92 Å².